The highest BCUT2D eigenvalue weighted by atomic mass is 19.1. The summed E-state index contributed by atoms with van der Waals surface area (Å²) < 4.78 is 44.3. The number of hydrogen-bond acceptors (Lipinski definition) is 2. The molecule has 0 aliphatic heterocycles. The molecule has 0 unspecified atom stereocenters. The van der Waals surface area contributed by atoms with Gasteiger partial charge in [0.2, 0.25) is 0 Å². The summed E-state index contributed by atoms with van der Waals surface area (Å²) in [6, 6.07) is 7.62. The Hall–Kier alpha value is -2.48. The number of nitrogens with zero attached hydrogens (tertiary/aromatic N) is 1. The lowest BCUT2D eigenvalue weighted by atomic mass is 10.2. The Kier molecular flexibility index (Phi) is 3.20. The number of halogens is 3. The first-order valence-electron chi connectivity index (χ1n) is 4.92. The van der Waals surface area contributed by atoms with Gasteiger partial charge in [-0.05, 0) is 24.3 Å². The van der Waals surface area contributed by atoms with E-state index in [9.17, 15) is 13.2 Å². The maximum atomic E-state index is 13.3. The fourth-order valence-corrected chi connectivity index (χ4v) is 1.37. The van der Waals surface area contributed by atoms with Crippen LogP contribution in [-0.2, 0) is 0 Å². The van der Waals surface area contributed by atoms with Gasteiger partial charge in [0.1, 0.15) is 17.4 Å². The van der Waals surface area contributed by atoms with Crippen molar-refractivity contribution in [2.24, 2.45) is 0 Å². The van der Waals surface area contributed by atoms with Crippen molar-refractivity contribution in [3.63, 3.8) is 0 Å². The minimum Gasteiger partial charge on any atom is -0.454 e. The van der Waals surface area contributed by atoms with E-state index >= 15 is 0 Å². The van der Waals surface area contributed by atoms with Gasteiger partial charge in [0.05, 0.1) is 11.6 Å². The van der Waals surface area contributed by atoms with Crippen LogP contribution in [0.2, 0.25) is 0 Å². The van der Waals surface area contributed by atoms with Crippen molar-refractivity contribution in [3.8, 4) is 17.6 Å². The van der Waals surface area contributed by atoms with Gasteiger partial charge < -0.3 is 4.74 Å². The van der Waals surface area contributed by atoms with Crippen LogP contribution in [0.3, 0.4) is 0 Å². The van der Waals surface area contributed by atoms with Crippen LogP contribution in [0.15, 0.2) is 36.4 Å². The first-order chi connectivity index (χ1) is 8.58. The summed E-state index contributed by atoms with van der Waals surface area (Å²) in [7, 11) is 0. The highest BCUT2D eigenvalue weighted by molar-refractivity contribution is 5.40. The first kappa shape index (κ1) is 12.0. The summed E-state index contributed by atoms with van der Waals surface area (Å²) in [5.74, 6) is -2.59. The Bertz CT molecular complexity index is 635. The quantitative estimate of drug-likeness (QED) is 0.811. The van der Waals surface area contributed by atoms with Crippen LogP contribution >= 0.6 is 0 Å². The highest BCUT2D eigenvalue weighted by Gasteiger charge is 2.08. The SMILES string of the molecule is N#Cc1cc(F)cc(Oc2cc(F)ccc2F)c1. The summed E-state index contributed by atoms with van der Waals surface area (Å²) in [5.41, 5.74) is 0.0295. The largest absolute Gasteiger partial charge is 0.454 e. The van der Waals surface area contributed by atoms with Crippen LogP contribution in [0, 0.1) is 28.8 Å². The fourth-order valence-electron chi connectivity index (χ4n) is 1.37. The average Bonchev–Trinajstić information content (AvgIpc) is 2.33. The van der Waals surface area contributed by atoms with Gasteiger partial charge in [0, 0.05) is 12.1 Å². The zero-order valence-electron chi connectivity index (χ0n) is 8.95. The van der Waals surface area contributed by atoms with Crippen molar-refractivity contribution in [2.75, 3.05) is 0 Å². The summed E-state index contributed by atoms with van der Waals surface area (Å²) in [6.45, 7) is 0. The lowest BCUT2D eigenvalue weighted by Crippen LogP contribution is -1.91. The second-order valence-corrected chi connectivity index (χ2v) is 3.46. The molecule has 90 valence electrons. The van der Waals surface area contributed by atoms with E-state index in [1.165, 1.54) is 6.07 Å². The van der Waals surface area contributed by atoms with Crippen LogP contribution in [0.5, 0.6) is 11.5 Å². The van der Waals surface area contributed by atoms with Crippen LogP contribution in [0.1, 0.15) is 5.56 Å². The topological polar surface area (TPSA) is 33.0 Å². The molecule has 2 rings (SSSR count). The molecular formula is C13H6F3NO. The molecule has 0 heterocycles. The van der Waals surface area contributed by atoms with E-state index in [1.807, 2.05) is 0 Å². The molecule has 0 radical (unpaired) electrons. The molecule has 0 saturated carbocycles. The maximum absolute atomic E-state index is 13.3. The van der Waals surface area contributed by atoms with E-state index in [4.69, 9.17) is 10.00 Å². The minimum absolute atomic E-state index is 0.0295. The molecule has 0 bridgehead atoms. The number of hydrogen-bond donors (Lipinski definition) is 0. The van der Waals surface area contributed by atoms with Crippen LogP contribution in [0.25, 0.3) is 0 Å². The molecule has 0 spiro atoms. The average molecular weight is 249 g/mol. The molecule has 2 aromatic rings. The molecule has 0 amide bonds. The molecule has 0 aliphatic rings. The van der Waals surface area contributed by atoms with Crippen molar-refractivity contribution < 1.29 is 17.9 Å². The predicted octanol–water partition coefficient (Wildman–Crippen LogP) is 3.77. The Morgan fingerprint density at radius 1 is 0.944 bits per heavy atom. The highest BCUT2D eigenvalue weighted by Crippen LogP contribution is 2.26. The molecule has 2 aromatic carbocycles. The van der Waals surface area contributed by atoms with Gasteiger partial charge in [-0.2, -0.15) is 5.26 Å². The first-order valence-corrected chi connectivity index (χ1v) is 4.92. The molecule has 0 aliphatic carbocycles. The number of rotatable bonds is 2. The van der Waals surface area contributed by atoms with Gasteiger partial charge >= 0.3 is 0 Å². The van der Waals surface area contributed by atoms with Crippen LogP contribution < -0.4 is 4.74 Å². The van der Waals surface area contributed by atoms with E-state index in [0.717, 1.165) is 30.3 Å². The summed E-state index contributed by atoms with van der Waals surface area (Å²) >= 11 is 0. The van der Waals surface area contributed by atoms with E-state index < -0.39 is 17.5 Å². The number of ether oxygens (including phenoxy) is 1. The zero-order chi connectivity index (χ0) is 13.1. The van der Waals surface area contributed by atoms with Gasteiger partial charge in [-0.1, -0.05) is 0 Å². The Labute approximate surface area is 101 Å². The Balaban J connectivity index is 2.37. The summed E-state index contributed by atoms with van der Waals surface area (Å²) in [5, 5.41) is 8.64. The van der Waals surface area contributed by atoms with Crippen molar-refractivity contribution in [1.82, 2.24) is 0 Å². The standard InChI is InChI=1S/C13H6F3NO/c14-9-1-2-12(16)13(6-9)18-11-4-8(7-17)3-10(15)5-11/h1-6H. The third kappa shape index (κ3) is 2.61. The molecule has 0 atom stereocenters. The lowest BCUT2D eigenvalue weighted by molar-refractivity contribution is 0.433. The second kappa shape index (κ2) is 4.80. The molecule has 5 heteroatoms. The van der Waals surface area contributed by atoms with Gasteiger partial charge in [0.25, 0.3) is 0 Å². The zero-order valence-corrected chi connectivity index (χ0v) is 8.95. The maximum Gasteiger partial charge on any atom is 0.165 e. The van der Waals surface area contributed by atoms with Gasteiger partial charge in [-0.3, -0.25) is 0 Å². The molecule has 2 nitrogen and oxygen atoms in total. The number of nitriles is 1. The van der Waals surface area contributed by atoms with E-state index in [1.54, 1.807) is 6.07 Å². The molecule has 0 saturated heterocycles. The normalized spacial score (nSPS) is 9.89. The van der Waals surface area contributed by atoms with Crippen molar-refractivity contribution in [2.45, 2.75) is 0 Å². The van der Waals surface area contributed by atoms with Gasteiger partial charge in [0.15, 0.2) is 11.6 Å². The monoisotopic (exact) mass is 249 g/mol. The van der Waals surface area contributed by atoms with Gasteiger partial charge in [-0.25, -0.2) is 13.2 Å². The van der Waals surface area contributed by atoms with E-state index in [0.29, 0.717) is 0 Å². The molecule has 0 N–H and O–H groups in total. The number of benzene rings is 2. The van der Waals surface area contributed by atoms with Crippen LogP contribution in [-0.4, -0.2) is 0 Å². The van der Waals surface area contributed by atoms with E-state index in [-0.39, 0.29) is 17.1 Å². The molecule has 0 fully saturated rings. The van der Waals surface area contributed by atoms with E-state index in [2.05, 4.69) is 0 Å². The molecule has 0 aromatic heterocycles. The second-order valence-electron chi connectivity index (χ2n) is 3.46. The molecule has 18 heavy (non-hydrogen) atoms. The molecular weight excluding hydrogens is 243 g/mol. The third-order valence-electron chi connectivity index (χ3n) is 2.12. The lowest BCUT2D eigenvalue weighted by Gasteiger charge is -2.07. The smallest absolute Gasteiger partial charge is 0.165 e. The van der Waals surface area contributed by atoms with Gasteiger partial charge in [-0.15, -0.1) is 0 Å². The van der Waals surface area contributed by atoms with Crippen molar-refractivity contribution in [3.05, 3.63) is 59.4 Å². The summed E-state index contributed by atoms with van der Waals surface area (Å²) in [4.78, 5) is 0. The van der Waals surface area contributed by atoms with Crippen molar-refractivity contribution in [1.29, 1.82) is 5.26 Å². The fraction of sp³-hybridized carbons (Fsp3) is 0. The minimum atomic E-state index is -0.779. The Morgan fingerprint density at radius 2 is 1.72 bits per heavy atom. The predicted molar refractivity (Wildman–Crippen MR) is 57.5 cm³/mol. The third-order valence-corrected chi connectivity index (χ3v) is 2.12. The van der Waals surface area contributed by atoms with Crippen molar-refractivity contribution >= 4 is 0 Å². The van der Waals surface area contributed by atoms with Crippen LogP contribution in [0.4, 0.5) is 13.2 Å². The summed E-state index contributed by atoms with van der Waals surface area (Å²) in [6.07, 6.45) is 0. The Morgan fingerprint density at radius 3 is 2.44 bits per heavy atom.